The van der Waals surface area contributed by atoms with E-state index in [0.29, 0.717) is 11.6 Å². The van der Waals surface area contributed by atoms with Gasteiger partial charge in [-0.25, -0.2) is 13.6 Å². The van der Waals surface area contributed by atoms with Crippen LogP contribution in [0.4, 0.5) is 22.0 Å². The van der Waals surface area contributed by atoms with Gasteiger partial charge in [-0.3, -0.25) is 4.79 Å². The summed E-state index contributed by atoms with van der Waals surface area (Å²) in [5.74, 6) is -3.86. The summed E-state index contributed by atoms with van der Waals surface area (Å²) in [4.78, 5) is 24.0. The first-order chi connectivity index (χ1) is 12.6. The number of carbonyl (C=O) groups excluding carboxylic acids is 2. The summed E-state index contributed by atoms with van der Waals surface area (Å²) >= 11 is 0. The average molecular weight is 387 g/mol. The summed E-state index contributed by atoms with van der Waals surface area (Å²) in [6.45, 7) is 0. The van der Waals surface area contributed by atoms with Crippen LogP contribution in [-0.2, 0) is 22.1 Å². The third-order valence-electron chi connectivity index (χ3n) is 3.69. The van der Waals surface area contributed by atoms with Gasteiger partial charge in [-0.05, 0) is 29.8 Å². The number of nitrogens with one attached hydrogen (secondary N) is 1. The molecule has 1 atom stereocenters. The van der Waals surface area contributed by atoms with Crippen molar-refractivity contribution in [1.82, 2.24) is 5.32 Å². The maximum absolute atomic E-state index is 13.7. The number of methoxy groups -OCH3 is 1. The monoisotopic (exact) mass is 387 g/mol. The van der Waals surface area contributed by atoms with E-state index in [1.165, 1.54) is 0 Å². The Labute approximate surface area is 150 Å². The fourth-order valence-corrected chi connectivity index (χ4v) is 2.31. The molecule has 2 aromatic rings. The Morgan fingerprint density at radius 3 is 2.22 bits per heavy atom. The third kappa shape index (κ3) is 5.25. The Morgan fingerprint density at radius 2 is 1.70 bits per heavy atom. The van der Waals surface area contributed by atoms with E-state index in [1.54, 1.807) is 0 Å². The highest BCUT2D eigenvalue weighted by atomic mass is 19.4. The van der Waals surface area contributed by atoms with Crippen LogP contribution >= 0.6 is 0 Å². The first-order valence-corrected chi connectivity index (χ1v) is 7.61. The van der Waals surface area contributed by atoms with E-state index in [0.717, 1.165) is 43.5 Å². The highest BCUT2D eigenvalue weighted by molar-refractivity contribution is 5.97. The molecule has 0 aromatic heterocycles. The minimum atomic E-state index is -4.51. The van der Waals surface area contributed by atoms with Crippen LogP contribution in [0.2, 0.25) is 0 Å². The fourth-order valence-electron chi connectivity index (χ4n) is 2.31. The number of halogens is 5. The van der Waals surface area contributed by atoms with Crippen molar-refractivity contribution in [3.63, 3.8) is 0 Å². The SMILES string of the molecule is COC(=O)[C@@H](Cc1ccc(C(F)(F)F)cc1)NC(=O)c1ccc(F)cc1F. The number of benzene rings is 2. The number of hydrogen-bond acceptors (Lipinski definition) is 3. The summed E-state index contributed by atoms with van der Waals surface area (Å²) in [5.41, 5.74) is -1.03. The summed E-state index contributed by atoms with van der Waals surface area (Å²) in [6.07, 6.45) is -4.69. The lowest BCUT2D eigenvalue weighted by molar-refractivity contribution is -0.143. The highest BCUT2D eigenvalue weighted by Gasteiger charge is 2.30. The van der Waals surface area contributed by atoms with Crippen LogP contribution in [-0.4, -0.2) is 25.0 Å². The second-order valence-corrected chi connectivity index (χ2v) is 5.57. The summed E-state index contributed by atoms with van der Waals surface area (Å²) in [7, 11) is 1.06. The number of rotatable bonds is 5. The first-order valence-electron chi connectivity index (χ1n) is 7.61. The molecule has 1 N–H and O–H groups in total. The number of esters is 1. The van der Waals surface area contributed by atoms with Crippen LogP contribution in [0.3, 0.4) is 0 Å². The molecule has 144 valence electrons. The Balaban J connectivity index is 2.18. The van der Waals surface area contributed by atoms with Crippen molar-refractivity contribution in [3.05, 3.63) is 70.8 Å². The lowest BCUT2D eigenvalue weighted by atomic mass is 10.0. The molecule has 0 saturated heterocycles. The summed E-state index contributed by atoms with van der Waals surface area (Å²) in [5, 5.41) is 2.24. The van der Waals surface area contributed by atoms with E-state index in [9.17, 15) is 31.5 Å². The lowest BCUT2D eigenvalue weighted by Crippen LogP contribution is -2.43. The number of carbonyl (C=O) groups is 2. The molecule has 0 aliphatic rings. The van der Waals surface area contributed by atoms with Gasteiger partial charge in [-0.2, -0.15) is 13.2 Å². The Morgan fingerprint density at radius 1 is 1.07 bits per heavy atom. The van der Waals surface area contributed by atoms with Gasteiger partial charge >= 0.3 is 12.1 Å². The van der Waals surface area contributed by atoms with Crippen molar-refractivity contribution in [2.24, 2.45) is 0 Å². The zero-order chi connectivity index (χ0) is 20.2. The van der Waals surface area contributed by atoms with Crippen molar-refractivity contribution in [3.8, 4) is 0 Å². The van der Waals surface area contributed by atoms with E-state index in [2.05, 4.69) is 10.1 Å². The first kappa shape index (κ1) is 20.3. The molecule has 0 bridgehead atoms. The number of amides is 1. The van der Waals surface area contributed by atoms with Gasteiger partial charge in [0.25, 0.3) is 5.91 Å². The normalized spacial score (nSPS) is 12.4. The van der Waals surface area contributed by atoms with E-state index in [-0.39, 0.29) is 6.42 Å². The molecular weight excluding hydrogens is 373 g/mol. The molecule has 2 aromatic carbocycles. The largest absolute Gasteiger partial charge is 0.467 e. The van der Waals surface area contributed by atoms with Crippen LogP contribution in [0.15, 0.2) is 42.5 Å². The molecule has 0 spiro atoms. The Kier molecular flexibility index (Phi) is 6.14. The Hall–Kier alpha value is -2.97. The van der Waals surface area contributed by atoms with E-state index < -0.39 is 46.9 Å². The van der Waals surface area contributed by atoms with Gasteiger partial charge in [0.1, 0.15) is 17.7 Å². The van der Waals surface area contributed by atoms with Gasteiger partial charge in [-0.15, -0.1) is 0 Å². The molecule has 1 amide bonds. The third-order valence-corrected chi connectivity index (χ3v) is 3.69. The molecule has 4 nitrogen and oxygen atoms in total. The van der Waals surface area contributed by atoms with Crippen LogP contribution < -0.4 is 5.32 Å². The zero-order valence-electron chi connectivity index (χ0n) is 13.9. The van der Waals surface area contributed by atoms with Gasteiger partial charge in [0.15, 0.2) is 0 Å². The van der Waals surface area contributed by atoms with Gasteiger partial charge in [0.2, 0.25) is 0 Å². The molecule has 0 radical (unpaired) electrons. The molecule has 9 heteroatoms. The van der Waals surface area contributed by atoms with Gasteiger partial charge in [0.05, 0.1) is 18.2 Å². The second kappa shape index (κ2) is 8.15. The minimum Gasteiger partial charge on any atom is -0.467 e. The van der Waals surface area contributed by atoms with Gasteiger partial charge < -0.3 is 10.1 Å². The maximum atomic E-state index is 13.7. The molecule has 0 saturated carbocycles. The molecule has 0 fully saturated rings. The predicted molar refractivity (Wildman–Crippen MR) is 84.8 cm³/mol. The van der Waals surface area contributed by atoms with Gasteiger partial charge in [0, 0.05) is 12.5 Å². The highest BCUT2D eigenvalue weighted by Crippen LogP contribution is 2.29. The summed E-state index contributed by atoms with van der Waals surface area (Å²) in [6, 6.07) is 5.01. The second-order valence-electron chi connectivity index (χ2n) is 5.57. The number of ether oxygens (including phenoxy) is 1. The molecular formula is C18H14F5NO3. The number of alkyl halides is 3. The van der Waals surface area contributed by atoms with Crippen LogP contribution in [0.1, 0.15) is 21.5 Å². The fraction of sp³-hybridized carbons (Fsp3) is 0.222. The van der Waals surface area contributed by atoms with Crippen molar-refractivity contribution >= 4 is 11.9 Å². The zero-order valence-corrected chi connectivity index (χ0v) is 13.9. The quantitative estimate of drug-likeness (QED) is 0.631. The molecule has 0 heterocycles. The molecule has 0 aliphatic carbocycles. The van der Waals surface area contributed by atoms with E-state index in [4.69, 9.17) is 0 Å². The molecule has 27 heavy (non-hydrogen) atoms. The molecule has 2 rings (SSSR count). The number of hydrogen-bond donors (Lipinski definition) is 1. The average Bonchev–Trinajstić information content (AvgIpc) is 2.60. The van der Waals surface area contributed by atoms with Crippen LogP contribution in [0, 0.1) is 11.6 Å². The molecule has 0 unspecified atom stereocenters. The van der Waals surface area contributed by atoms with Crippen molar-refractivity contribution in [2.45, 2.75) is 18.6 Å². The lowest BCUT2D eigenvalue weighted by Gasteiger charge is -2.17. The summed E-state index contributed by atoms with van der Waals surface area (Å²) < 4.78 is 69.0. The predicted octanol–water partition coefficient (Wildman–Crippen LogP) is 3.50. The standard InChI is InChI=1S/C18H14F5NO3/c1-27-17(26)15(8-10-2-4-11(5-3-10)18(21,22)23)24-16(25)13-7-6-12(19)9-14(13)20/h2-7,9,15H,8H2,1H3,(H,24,25)/t15-/m1/s1. The van der Waals surface area contributed by atoms with Gasteiger partial charge in [-0.1, -0.05) is 12.1 Å². The van der Waals surface area contributed by atoms with Crippen molar-refractivity contribution in [1.29, 1.82) is 0 Å². The van der Waals surface area contributed by atoms with E-state index >= 15 is 0 Å². The Bertz CT molecular complexity index is 834. The maximum Gasteiger partial charge on any atom is 0.416 e. The van der Waals surface area contributed by atoms with Crippen LogP contribution in [0.25, 0.3) is 0 Å². The minimum absolute atomic E-state index is 0.181. The van der Waals surface area contributed by atoms with Crippen molar-refractivity contribution < 1.29 is 36.3 Å². The smallest absolute Gasteiger partial charge is 0.416 e. The topological polar surface area (TPSA) is 55.4 Å². The van der Waals surface area contributed by atoms with Crippen LogP contribution in [0.5, 0.6) is 0 Å². The molecule has 0 aliphatic heterocycles. The van der Waals surface area contributed by atoms with Crippen molar-refractivity contribution in [2.75, 3.05) is 7.11 Å². The van der Waals surface area contributed by atoms with E-state index in [1.807, 2.05) is 0 Å².